The quantitative estimate of drug-likeness (QED) is 0.468. The van der Waals surface area contributed by atoms with E-state index in [-0.39, 0.29) is 22.6 Å². The van der Waals surface area contributed by atoms with Gasteiger partial charge in [-0.25, -0.2) is 9.37 Å². The van der Waals surface area contributed by atoms with E-state index in [0.29, 0.717) is 28.2 Å². The summed E-state index contributed by atoms with van der Waals surface area (Å²) in [5.74, 6) is 0.317. The molecule has 0 radical (unpaired) electrons. The number of aromatic hydroxyl groups is 1. The predicted octanol–water partition coefficient (Wildman–Crippen LogP) is 3.32. The van der Waals surface area contributed by atoms with E-state index in [1.165, 1.54) is 12.1 Å². The molecule has 9 heteroatoms. The van der Waals surface area contributed by atoms with Gasteiger partial charge in [-0.3, -0.25) is 5.10 Å². The van der Waals surface area contributed by atoms with Crippen LogP contribution in [0.25, 0.3) is 33.6 Å². The topological polar surface area (TPSA) is 114 Å². The molecule has 0 amide bonds. The standard InChI is InChI=1S/C22H19FN6O2/c1-12-19-20(17-4-5-18(31-17)29-8-6-25-7-9-29)15(11-24)21(26-22(19)28-27-12)14-3-2-13(30)10-16(14)23/h2-5,10,25,30H,6-9H2,1H3,(H,26,27,28). The number of furan rings is 1. The highest BCUT2D eigenvalue weighted by Crippen LogP contribution is 2.40. The van der Waals surface area contributed by atoms with Gasteiger partial charge in [0.05, 0.1) is 22.2 Å². The molecule has 0 unspecified atom stereocenters. The lowest BCUT2D eigenvalue weighted by Crippen LogP contribution is -2.43. The van der Waals surface area contributed by atoms with E-state index < -0.39 is 5.82 Å². The first-order valence-electron chi connectivity index (χ1n) is 9.90. The number of aromatic nitrogens is 3. The first-order valence-corrected chi connectivity index (χ1v) is 9.90. The monoisotopic (exact) mass is 418 g/mol. The third-order valence-corrected chi connectivity index (χ3v) is 5.47. The number of aryl methyl sites for hydroxylation is 1. The normalized spacial score (nSPS) is 14.2. The fraction of sp³-hybridized carbons (Fsp3) is 0.227. The van der Waals surface area contributed by atoms with E-state index >= 15 is 0 Å². The van der Waals surface area contributed by atoms with Crippen molar-refractivity contribution in [3.63, 3.8) is 0 Å². The van der Waals surface area contributed by atoms with Crippen LogP contribution in [-0.4, -0.2) is 46.5 Å². The van der Waals surface area contributed by atoms with E-state index in [1.807, 2.05) is 19.1 Å². The number of aromatic amines is 1. The number of nitrogens with zero attached hydrogens (tertiary/aromatic N) is 4. The van der Waals surface area contributed by atoms with Crippen LogP contribution in [0.2, 0.25) is 0 Å². The van der Waals surface area contributed by atoms with Crippen LogP contribution >= 0.6 is 0 Å². The van der Waals surface area contributed by atoms with Crippen molar-refractivity contribution in [1.29, 1.82) is 5.26 Å². The van der Waals surface area contributed by atoms with Crippen molar-refractivity contribution < 1.29 is 13.9 Å². The molecule has 1 fully saturated rings. The molecule has 156 valence electrons. The molecule has 3 aromatic heterocycles. The van der Waals surface area contributed by atoms with Crippen LogP contribution in [0.4, 0.5) is 10.3 Å². The van der Waals surface area contributed by atoms with Gasteiger partial charge < -0.3 is 19.7 Å². The van der Waals surface area contributed by atoms with Gasteiger partial charge in [-0.15, -0.1) is 0 Å². The highest BCUT2D eigenvalue weighted by molar-refractivity contribution is 5.99. The number of phenols is 1. The van der Waals surface area contributed by atoms with Crippen molar-refractivity contribution in [3.05, 3.63) is 47.4 Å². The molecule has 4 heterocycles. The van der Waals surface area contributed by atoms with Crippen molar-refractivity contribution in [3.8, 4) is 34.4 Å². The molecule has 1 aliphatic heterocycles. The van der Waals surface area contributed by atoms with Crippen LogP contribution in [0.1, 0.15) is 11.3 Å². The Morgan fingerprint density at radius 3 is 2.77 bits per heavy atom. The Bertz CT molecular complexity index is 1330. The molecule has 0 spiro atoms. The van der Waals surface area contributed by atoms with E-state index in [2.05, 4.69) is 31.5 Å². The number of pyridine rings is 1. The molecule has 0 aliphatic carbocycles. The maximum absolute atomic E-state index is 14.7. The van der Waals surface area contributed by atoms with Gasteiger partial charge in [-0.1, -0.05) is 0 Å². The minimum atomic E-state index is -0.678. The number of benzene rings is 1. The van der Waals surface area contributed by atoms with Crippen molar-refractivity contribution in [2.24, 2.45) is 0 Å². The van der Waals surface area contributed by atoms with Gasteiger partial charge in [0, 0.05) is 49.6 Å². The summed E-state index contributed by atoms with van der Waals surface area (Å²) in [6, 6.07) is 9.63. The summed E-state index contributed by atoms with van der Waals surface area (Å²) in [4.78, 5) is 6.60. The molecule has 1 saturated heterocycles. The molecule has 8 nitrogen and oxygen atoms in total. The van der Waals surface area contributed by atoms with E-state index in [9.17, 15) is 14.8 Å². The maximum atomic E-state index is 14.7. The maximum Gasteiger partial charge on any atom is 0.196 e. The Labute approximate surface area is 176 Å². The second-order valence-electron chi connectivity index (χ2n) is 7.41. The van der Waals surface area contributed by atoms with Gasteiger partial charge in [0.25, 0.3) is 0 Å². The predicted molar refractivity (Wildman–Crippen MR) is 113 cm³/mol. The summed E-state index contributed by atoms with van der Waals surface area (Å²) in [7, 11) is 0. The molecule has 0 saturated carbocycles. The summed E-state index contributed by atoms with van der Waals surface area (Å²) in [5, 5.41) is 30.7. The lowest BCUT2D eigenvalue weighted by Gasteiger charge is -2.26. The van der Waals surface area contributed by atoms with Crippen LogP contribution < -0.4 is 10.2 Å². The number of hydrogen-bond acceptors (Lipinski definition) is 7. The van der Waals surface area contributed by atoms with Crippen LogP contribution in [0.5, 0.6) is 5.75 Å². The fourth-order valence-corrected chi connectivity index (χ4v) is 3.97. The van der Waals surface area contributed by atoms with Crippen molar-refractivity contribution >= 4 is 16.9 Å². The second kappa shape index (κ2) is 7.41. The van der Waals surface area contributed by atoms with Gasteiger partial charge >= 0.3 is 0 Å². The van der Waals surface area contributed by atoms with Gasteiger partial charge in [0.1, 0.15) is 23.4 Å². The highest BCUT2D eigenvalue weighted by Gasteiger charge is 2.25. The molecule has 1 aliphatic rings. The number of phenolic OH excluding ortho intramolecular Hbond substituents is 1. The molecule has 31 heavy (non-hydrogen) atoms. The Morgan fingerprint density at radius 2 is 2.03 bits per heavy atom. The van der Waals surface area contributed by atoms with Gasteiger partial charge in [0.15, 0.2) is 11.5 Å². The number of fused-ring (bicyclic) bond motifs is 1. The Hall–Kier alpha value is -3.90. The van der Waals surface area contributed by atoms with Crippen molar-refractivity contribution in [2.45, 2.75) is 6.92 Å². The third-order valence-electron chi connectivity index (χ3n) is 5.47. The number of piperazine rings is 1. The average Bonchev–Trinajstić information content (AvgIpc) is 3.40. The van der Waals surface area contributed by atoms with Crippen LogP contribution in [0.3, 0.4) is 0 Å². The zero-order valence-corrected chi connectivity index (χ0v) is 16.7. The Balaban J connectivity index is 1.75. The summed E-state index contributed by atoms with van der Waals surface area (Å²) in [6.45, 7) is 5.20. The molecule has 1 aromatic carbocycles. The Kier molecular flexibility index (Phi) is 4.56. The molecule has 5 rings (SSSR count). The summed E-state index contributed by atoms with van der Waals surface area (Å²) < 4.78 is 20.8. The number of rotatable bonds is 3. The van der Waals surface area contributed by atoms with Gasteiger partial charge in [-0.05, 0) is 25.1 Å². The van der Waals surface area contributed by atoms with Crippen LogP contribution in [-0.2, 0) is 0 Å². The average molecular weight is 418 g/mol. The molecule has 0 atom stereocenters. The van der Waals surface area contributed by atoms with E-state index in [0.717, 1.165) is 37.9 Å². The molecule has 0 bridgehead atoms. The van der Waals surface area contributed by atoms with Crippen molar-refractivity contribution in [1.82, 2.24) is 20.5 Å². The van der Waals surface area contributed by atoms with Crippen LogP contribution in [0.15, 0.2) is 34.7 Å². The number of anilines is 1. The van der Waals surface area contributed by atoms with Crippen LogP contribution in [0, 0.1) is 24.1 Å². The molecular formula is C22H19FN6O2. The smallest absolute Gasteiger partial charge is 0.196 e. The first-order chi connectivity index (χ1) is 15.1. The summed E-state index contributed by atoms with van der Waals surface area (Å²) in [6.07, 6.45) is 0. The first kappa shape index (κ1) is 19.1. The zero-order chi connectivity index (χ0) is 21.5. The van der Waals surface area contributed by atoms with E-state index in [4.69, 9.17) is 4.42 Å². The summed E-state index contributed by atoms with van der Waals surface area (Å²) in [5.41, 5.74) is 2.03. The number of halogens is 1. The summed E-state index contributed by atoms with van der Waals surface area (Å²) >= 11 is 0. The zero-order valence-electron chi connectivity index (χ0n) is 16.7. The molecule has 3 N–H and O–H groups in total. The van der Waals surface area contributed by atoms with Gasteiger partial charge in [0.2, 0.25) is 0 Å². The largest absolute Gasteiger partial charge is 0.508 e. The molecule has 4 aromatic rings. The van der Waals surface area contributed by atoms with Gasteiger partial charge in [-0.2, -0.15) is 10.4 Å². The number of hydrogen-bond donors (Lipinski definition) is 3. The fourth-order valence-electron chi connectivity index (χ4n) is 3.97. The number of nitrogens with one attached hydrogen (secondary N) is 2. The minimum absolute atomic E-state index is 0.104. The lowest BCUT2D eigenvalue weighted by molar-refractivity contribution is 0.469. The minimum Gasteiger partial charge on any atom is -0.508 e. The van der Waals surface area contributed by atoms with E-state index in [1.54, 1.807) is 0 Å². The third kappa shape index (κ3) is 3.17. The highest BCUT2D eigenvalue weighted by atomic mass is 19.1. The number of nitriles is 1. The Morgan fingerprint density at radius 1 is 1.23 bits per heavy atom. The lowest BCUT2D eigenvalue weighted by atomic mass is 9.96. The number of H-pyrrole nitrogens is 1. The second-order valence-corrected chi connectivity index (χ2v) is 7.41. The van der Waals surface area contributed by atoms with Crippen molar-refractivity contribution in [2.75, 3.05) is 31.1 Å². The SMILES string of the molecule is Cc1[nH]nc2nc(-c3ccc(O)cc3F)c(C#N)c(-c3ccc(N4CCNCC4)o3)c12. The molecular weight excluding hydrogens is 399 g/mol.